The lowest BCUT2D eigenvalue weighted by Crippen LogP contribution is -2.37. The third kappa shape index (κ3) is 43.2. The van der Waals surface area contributed by atoms with Gasteiger partial charge in [-0.15, -0.1) is 0 Å². The summed E-state index contributed by atoms with van der Waals surface area (Å²) in [4.78, 5) is 35.4. The molecule has 0 aromatic rings. The predicted molar refractivity (Wildman–Crippen MR) is 254 cm³/mol. The van der Waals surface area contributed by atoms with Crippen LogP contribution in [-0.2, 0) is 32.7 Å². The van der Waals surface area contributed by atoms with Crippen LogP contribution in [0.1, 0.15) is 129 Å². The zero-order chi connectivity index (χ0) is 46.0. The third-order valence-electron chi connectivity index (χ3n) is 8.98. The zero-order valence-corrected chi connectivity index (χ0v) is 39.7. The summed E-state index contributed by atoms with van der Waals surface area (Å²) in [6.07, 6.45) is 47.9. The van der Waals surface area contributed by atoms with E-state index in [0.717, 1.165) is 32.1 Å². The average Bonchev–Trinajstić information content (AvgIpc) is 3.21. The molecule has 0 aliphatic carbocycles. The van der Waals surface area contributed by atoms with E-state index >= 15 is 0 Å². The normalized spacial score (nSPS) is 15.5. The van der Waals surface area contributed by atoms with E-state index in [0.29, 0.717) is 36.7 Å². The summed E-state index contributed by atoms with van der Waals surface area (Å²) in [7, 11) is 1.28. The first kappa shape index (κ1) is 58.6. The Hall–Kier alpha value is -3.41. The van der Waals surface area contributed by atoms with Crippen molar-refractivity contribution in [3.8, 4) is 0 Å². The standard InChI is InChI=1S/C50H82NO10P/c1-6-8-10-12-14-15-16-17-18-19-20-21-22-23-24-25-26-28-34-40-50(55)61-48(45-60-62(56,57)59-43-42-51(3,4)5)44-58-49(54)41-35-39-47(53)38-33-30-29-32-37-46(52)36-31-27-13-11-9-7-2/h14-15,17-18,20-21,23-24,26-33,37-38,46-48,52-53H,6-13,16,19,22,25,34-36,39-45H2,1-5H3/p+1/b15-14-,18-17-,21-20-,24-23-,28-26-,30-29+,31-27-,37-32+,38-33-/t46-,47-,48-/m1/s1. The number of carbonyl (C=O) groups is 2. The summed E-state index contributed by atoms with van der Waals surface area (Å²) in [6.45, 7) is 3.93. The van der Waals surface area contributed by atoms with Gasteiger partial charge in [-0.05, 0) is 77.0 Å². The van der Waals surface area contributed by atoms with Gasteiger partial charge in [-0.3, -0.25) is 18.6 Å². The van der Waals surface area contributed by atoms with Gasteiger partial charge in [0, 0.05) is 12.8 Å². The third-order valence-corrected chi connectivity index (χ3v) is 9.96. The topological polar surface area (TPSA) is 149 Å². The Morgan fingerprint density at radius 2 is 1.11 bits per heavy atom. The van der Waals surface area contributed by atoms with Gasteiger partial charge in [-0.2, -0.15) is 0 Å². The number of aliphatic hydroxyl groups is 2. The molecule has 352 valence electrons. The summed E-state index contributed by atoms with van der Waals surface area (Å²) in [5.74, 6) is -1.15. The second-order valence-electron chi connectivity index (χ2n) is 16.1. The highest BCUT2D eigenvalue weighted by Gasteiger charge is 2.27. The molecule has 3 N–H and O–H groups in total. The van der Waals surface area contributed by atoms with Crippen LogP contribution in [-0.4, -0.2) is 97.3 Å². The fourth-order valence-corrected chi connectivity index (χ4v) is 6.05. The van der Waals surface area contributed by atoms with Crippen molar-refractivity contribution in [3.05, 3.63) is 109 Å². The predicted octanol–water partition coefficient (Wildman–Crippen LogP) is 11.1. The van der Waals surface area contributed by atoms with Crippen LogP contribution in [0.2, 0.25) is 0 Å². The second-order valence-corrected chi connectivity index (χ2v) is 17.6. The SMILES string of the molecule is CCCCC/C=C\C/C=C\C/C=C\C/C=C\C/C=C\CCC(=O)O[C@H](COC(=O)CCC[C@H](O)\C=C/C=C/C=C/[C@H](O)C/C=C\CCCCC)COP(=O)(O)OCC[N+](C)(C)C. The maximum absolute atomic E-state index is 12.7. The summed E-state index contributed by atoms with van der Waals surface area (Å²) in [5, 5.41) is 20.3. The molecule has 4 atom stereocenters. The van der Waals surface area contributed by atoms with E-state index in [1.807, 2.05) is 39.4 Å². The number of allylic oxidation sites excluding steroid dienone is 15. The van der Waals surface area contributed by atoms with E-state index in [2.05, 4.69) is 68.5 Å². The summed E-state index contributed by atoms with van der Waals surface area (Å²) in [6, 6.07) is 0. The quantitative estimate of drug-likeness (QED) is 0.0136. The van der Waals surface area contributed by atoms with Crippen LogP contribution in [0.4, 0.5) is 0 Å². The number of likely N-dealkylation sites (N-methyl/N-ethyl adjacent to an activating group) is 1. The van der Waals surface area contributed by atoms with Crippen molar-refractivity contribution in [2.75, 3.05) is 47.5 Å². The maximum atomic E-state index is 12.7. The van der Waals surface area contributed by atoms with Gasteiger partial charge in [0.25, 0.3) is 0 Å². The number of aliphatic hydroxyl groups excluding tert-OH is 2. The first-order valence-electron chi connectivity index (χ1n) is 22.8. The second kappa shape index (κ2) is 40.4. The average molecular weight is 889 g/mol. The lowest BCUT2D eigenvalue weighted by molar-refractivity contribution is -0.870. The molecule has 11 nitrogen and oxygen atoms in total. The Balaban J connectivity index is 4.74. The van der Waals surface area contributed by atoms with Crippen molar-refractivity contribution in [1.82, 2.24) is 0 Å². The number of hydrogen-bond acceptors (Lipinski definition) is 9. The minimum Gasteiger partial charge on any atom is -0.462 e. The number of quaternary nitrogens is 1. The van der Waals surface area contributed by atoms with Crippen LogP contribution >= 0.6 is 7.82 Å². The van der Waals surface area contributed by atoms with Gasteiger partial charge in [0.1, 0.15) is 19.8 Å². The molecule has 1 unspecified atom stereocenters. The van der Waals surface area contributed by atoms with E-state index in [1.54, 1.807) is 36.5 Å². The van der Waals surface area contributed by atoms with Gasteiger partial charge in [0.2, 0.25) is 0 Å². The first-order valence-corrected chi connectivity index (χ1v) is 24.3. The number of nitrogens with zero attached hydrogens (tertiary/aromatic N) is 1. The van der Waals surface area contributed by atoms with E-state index < -0.39 is 44.7 Å². The first-order chi connectivity index (χ1) is 29.8. The summed E-state index contributed by atoms with van der Waals surface area (Å²) < 4.78 is 34.0. The van der Waals surface area contributed by atoms with Crippen LogP contribution in [0.5, 0.6) is 0 Å². The van der Waals surface area contributed by atoms with E-state index in [1.165, 1.54) is 44.9 Å². The van der Waals surface area contributed by atoms with Crippen molar-refractivity contribution in [3.63, 3.8) is 0 Å². The molecule has 62 heavy (non-hydrogen) atoms. The Morgan fingerprint density at radius 1 is 0.597 bits per heavy atom. The fraction of sp³-hybridized carbons (Fsp3) is 0.600. The number of phosphoric acid groups is 1. The number of ether oxygens (including phenoxy) is 2. The van der Waals surface area contributed by atoms with Crippen LogP contribution in [0.3, 0.4) is 0 Å². The van der Waals surface area contributed by atoms with Gasteiger partial charge < -0.3 is 29.1 Å². The number of carbonyl (C=O) groups excluding carboxylic acids is 2. The number of hydrogen-bond donors (Lipinski definition) is 3. The van der Waals surface area contributed by atoms with Gasteiger partial charge in [0.15, 0.2) is 6.10 Å². The van der Waals surface area contributed by atoms with Gasteiger partial charge in [-0.1, -0.05) is 149 Å². The molecule has 12 heteroatoms. The Labute approximate surface area is 375 Å². The monoisotopic (exact) mass is 889 g/mol. The molecule has 0 bridgehead atoms. The molecular weight excluding hydrogens is 806 g/mol. The molecule has 0 saturated carbocycles. The number of phosphoric ester groups is 1. The lowest BCUT2D eigenvalue weighted by Gasteiger charge is -2.24. The highest BCUT2D eigenvalue weighted by atomic mass is 31.2. The minimum absolute atomic E-state index is 0.00678. The molecular formula is C50H83NO10P+. The molecule has 0 spiro atoms. The Bertz CT molecular complexity index is 1450. The summed E-state index contributed by atoms with van der Waals surface area (Å²) >= 11 is 0. The molecule has 0 aliphatic rings. The fourth-order valence-electron chi connectivity index (χ4n) is 5.31. The van der Waals surface area contributed by atoms with Crippen molar-refractivity contribution >= 4 is 19.8 Å². The van der Waals surface area contributed by atoms with E-state index in [-0.39, 0.29) is 26.1 Å². The number of rotatable bonds is 39. The largest absolute Gasteiger partial charge is 0.472 e. The lowest BCUT2D eigenvalue weighted by atomic mass is 10.1. The van der Waals surface area contributed by atoms with E-state index in [4.69, 9.17) is 18.5 Å². The van der Waals surface area contributed by atoms with Crippen molar-refractivity contribution in [2.24, 2.45) is 0 Å². The van der Waals surface area contributed by atoms with Crippen LogP contribution in [0.15, 0.2) is 109 Å². The van der Waals surface area contributed by atoms with Gasteiger partial charge >= 0.3 is 19.8 Å². The molecule has 0 fully saturated rings. The van der Waals surface area contributed by atoms with Gasteiger partial charge in [0.05, 0.1) is 40.0 Å². The summed E-state index contributed by atoms with van der Waals surface area (Å²) in [5.41, 5.74) is 0. The molecule has 0 radical (unpaired) electrons. The van der Waals surface area contributed by atoms with Crippen molar-refractivity contribution in [2.45, 2.75) is 148 Å². The number of unbranched alkanes of at least 4 members (excludes halogenated alkanes) is 6. The number of esters is 2. The molecule has 0 aromatic carbocycles. The zero-order valence-electron chi connectivity index (χ0n) is 38.8. The molecule has 0 rings (SSSR count). The molecule has 0 aliphatic heterocycles. The maximum Gasteiger partial charge on any atom is 0.472 e. The molecule has 0 aromatic heterocycles. The van der Waals surface area contributed by atoms with Crippen molar-refractivity contribution < 1.29 is 52.3 Å². The molecule has 0 saturated heterocycles. The Morgan fingerprint density at radius 3 is 1.66 bits per heavy atom. The van der Waals surface area contributed by atoms with E-state index in [9.17, 15) is 29.3 Å². The highest BCUT2D eigenvalue weighted by Crippen LogP contribution is 2.43. The minimum atomic E-state index is -4.46. The smallest absolute Gasteiger partial charge is 0.462 e. The molecule has 0 amide bonds. The Kier molecular flexibility index (Phi) is 38.1. The highest BCUT2D eigenvalue weighted by molar-refractivity contribution is 7.47. The van der Waals surface area contributed by atoms with Crippen LogP contribution in [0, 0.1) is 0 Å². The van der Waals surface area contributed by atoms with Crippen LogP contribution in [0.25, 0.3) is 0 Å². The van der Waals surface area contributed by atoms with Gasteiger partial charge in [-0.25, -0.2) is 4.57 Å². The van der Waals surface area contributed by atoms with Crippen LogP contribution < -0.4 is 0 Å². The molecule has 0 heterocycles. The van der Waals surface area contributed by atoms with Crippen molar-refractivity contribution in [1.29, 1.82) is 0 Å².